The van der Waals surface area contributed by atoms with E-state index in [1.165, 1.54) is 11.3 Å². The van der Waals surface area contributed by atoms with Crippen molar-refractivity contribution < 1.29 is 9.53 Å². The van der Waals surface area contributed by atoms with Gasteiger partial charge >= 0.3 is 0 Å². The van der Waals surface area contributed by atoms with E-state index in [9.17, 15) is 4.79 Å². The van der Waals surface area contributed by atoms with E-state index in [1.807, 2.05) is 12.4 Å². The summed E-state index contributed by atoms with van der Waals surface area (Å²) in [5.74, 6) is 0.569. The molecule has 0 N–H and O–H groups in total. The van der Waals surface area contributed by atoms with E-state index in [0.29, 0.717) is 15.8 Å². The van der Waals surface area contributed by atoms with Crippen LogP contribution in [0, 0.1) is 5.92 Å². The summed E-state index contributed by atoms with van der Waals surface area (Å²) in [6.07, 6.45) is 1.14. The number of rotatable bonds is 6. The lowest BCUT2D eigenvalue weighted by Crippen LogP contribution is -2.33. The lowest BCUT2D eigenvalue weighted by molar-refractivity contribution is 0.0777. The minimum atomic E-state index is 0.0281. The molecule has 0 unspecified atom stereocenters. The molecule has 0 radical (unpaired) electrons. The fourth-order valence-corrected chi connectivity index (χ4v) is 3.70. The van der Waals surface area contributed by atoms with Crippen molar-refractivity contribution in [1.82, 2.24) is 9.80 Å². The summed E-state index contributed by atoms with van der Waals surface area (Å²) in [5.41, 5.74) is 0. The van der Waals surface area contributed by atoms with E-state index in [2.05, 4.69) is 4.90 Å². The molecule has 0 saturated carbocycles. The summed E-state index contributed by atoms with van der Waals surface area (Å²) in [6.45, 7) is 4.67. The van der Waals surface area contributed by atoms with Crippen LogP contribution in [-0.2, 0) is 4.74 Å². The lowest BCUT2D eigenvalue weighted by Gasteiger charge is -2.21. The Hall–Kier alpha value is -0.620. The van der Waals surface area contributed by atoms with Crippen molar-refractivity contribution in [2.24, 2.45) is 5.92 Å². The topological polar surface area (TPSA) is 32.8 Å². The molecule has 1 aliphatic rings. The molecule has 1 amide bonds. The molecule has 1 saturated heterocycles. The van der Waals surface area contributed by atoms with Crippen molar-refractivity contribution in [1.29, 1.82) is 0 Å². The van der Waals surface area contributed by atoms with Crippen LogP contribution in [0.3, 0.4) is 0 Å². The fourth-order valence-electron chi connectivity index (χ4n) is 2.58. The molecule has 20 heavy (non-hydrogen) atoms. The molecule has 1 fully saturated rings. The summed E-state index contributed by atoms with van der Waals surface area (Å²) in [4.78, 5) is 17.1. The van der Waals surface area contributed by atoms with Gasteiger partial charge in [-0.3, -0.25) is 4.79 Å². The molecule has 112 valence electrons. The lowest BCUT2D eigenvalue weighted by atomic mass is 10.1. The number of hydrogen-bond acceptors (Lipinski definition) is 4. The number of carbonyl (C=O) groups excluding carboxylic acids is 1. The average molecular weight is 317 g/mol. The predicted molar refractivity (Wildman–Crippen MR) is 82.7 cm³/mol. The smallest absolute Gasteiger partial charge is 0.265 e. The van der Waals surface area contributed by atoms with E-state index >= 15 is 0 Å². The second-order valence-electron chi connectivity index (χ2n) is 5.23. The molecule has 4 nitrogen and oxygen atoms in total. The van der Waals surface area contributed by atoms with Crippen LogP contribution in [0.1, 0.15) is 16.1 Å². The van der Waals surface area contributed by atoms with Crippen LogP contribution in [0.15, 0.2) is 11.4 Å². The normalized spacial score (nSPS) is 19.4. The highest BCUT2D eigenvalue weighted by Crippen LogP contribution is 2.24. The SMILES string of the molecule is COCCN1CC[C@@H](CN(C)C(=O)c2sccc2Cl)C1. The third-order valence-corrected chi connectivity index (χ3v) is 5.00. The molecular weight excluding hydrogens is 296 g/mol. The summed E-state index contributed by atoms with van der Waals surface area (Å²) in [5, 5.41) is 2.41. The van der Waals surface area contributed by atoms with E-state index in [-0.39, 0.29) is 5.91 Å². The first-order valence-corrected chi connectivity index (χ1v) is 8.07. The molecule has 0 bridgehead atoms. The third kappa shape index (κ3) is 3.95. The number of likely N-dealkylation sites (tertiary alicyclic amines) is 1. The molecule has 0 spiro atoms. The van der Waals surface area contributed by atoms with Gasteiger partial charge in [0, 0.05) is 33.8 Å². The molecule has 6 heteroatoms. The van der Waals surface area contributed by atoms with Gasteiger partial charge in [-0.25, -0.2) is 0 Å². The van der Waals surface area contributed by atoms with Crippen LogP contribution in [-0.4, -0.2) is 62.7 Å². The van der Waals surface area contributed by atoms with Crippen molar-refractivity contribution in [3.8, 4) is 0 Å². The van der Waals surface area contributed by atoms with Crippen LogP contribution < -0.4 is 0 Å². The van der Waals surface area contributed by atoms with Gasteiger partial charge in [-0.1, -0.05) is 11.6 Å². The van der Waals surface area contributed by atoms with Gasteiger partial charge in [0.15, 0.2) is 0 Å². The monoisotopic (exact) mass is 316 g/mol. The molecule has 2 rings (SSSR count). The zero-order chi connectivity index (χ0) is 14.5. The number of hydrogen-bond donors (Lipinski definition) is 0. The van der Waals surface area contributed by atoms with Crippen molar-refractivity contribution in [3.63, 3.8) is 0 Å². The highest BCUT2D eigenvalue weighted by Gasteiger charge is 2.25. The minimum absolute atomic E-state index is 0.0281. The number of methoxy groups -OCH3 is 1. The molecule has 1 aromatic rings. The Bertz CT molecular complexity index is 452. The number of carbonyl (C=O) groups is 1. The van der Waals surface area contributed by atoms with Gasteiger partial charge in [0.05, 0.1) is 11.6 Å². The van der Waals surface area contributed by atoms with Crippen LogP contribution >= 0.6 is 22.9 Å². The molecule has 0 aromatic carbocycles. The molecule has 0 aliphatic carbocycles. The van der Waals surface area contributed by atoms with Gasteiger partial charge in [-0.05, 0) is 30.3 Å². The molecule has 2 heterocycles. The van der Waals surface area contributed by atoms with E-state index in [1.54, 1.807) is 18.1 Å². The van der Waals surface area contributed by atoms with Crippen LogP contribution in [0.25, 0.3) is 0 Å². The predicted octanol–water partition coefficient (Wildman–Crippen LogP) is 2.44. The Balaban J connectivity index is 1.82. The van der Waals surface area contributed by atoms with Crippen LogP contribution in [0.4, 0.5) is 0 Å². The summed E-state index contributed by atoms with van der Waals surface area (Å²) < 4.78 is 5.10. The van der Waals surface area contributed by atoms with E-state index < -0.39 is 0 Å². The fraction of sp³-hybridized carbons (Fsp3) is 0.643. The summed E-state index contributed by atoms with van der Waals surface area (Å²) in [6, 6.07) is 1.77. The van der Waals surface area contributed by atoms with Gasteiger partial charge in [-0.15, -0.1) is 11.3 Å². The average Bonchev–Trinajstić information content (AvgIpc) is 3.04. The Kier molecular flexibility index (Phi) is 5.84. The Morgan fingerprint density at radius 2 is 2.45 bits per heavy atom. The molecular formula is C14H21ClN2O2S. The van der Waals surface area contributed by atoms with Crippen molar-refractivity contribution in [2.45, 2.75) is 6.42 Å². The largest absolute Gasteiger partial charge is 0.383 e. The highest BCUT2D eigenvalue weighted by atomic mass is 35.5. The van der Waals surface area contributed by atoms with Gasteiger partial charge in [-0.2, -0.15) is 0 Å². The Labute approximate surface area is 129 Å². The molecule has 1 atom stereocenters. The van der Waals surface area contributed by atoms with Crippen molar-refractivity contribution >= 4 is 28.8 Å². The number of amides is 1. The zero-order valence-electron chi connectivity index (χ0n) is 12.0. The van der Waals surface area contributed by atoms with Crippen LogP contribution in [0.5, 0.6) is 0 Å². The second-order valence-corrected chi connectivity index (χ2v) is 6.55. The third-order valence-electron chi connectivity index (χ3n) is 3.67. The van der Waals surface area contributed by atoms with Crippen molar-refractivity contribution in [3.05, 3.63) is 21.3 Å². The highest BCUT2D eigenvalue weighted by molar-refractivity contribution is 7.12. The minimum Gasteiger partial charge on any atom is -0.383 e. The first-order chi connectivity index (χ1) is 9.61. The second kappa shape index (κ2) is 7.41. The van der Waals surface area contributed by atoms with Gasteiger partial charge in [0.2, 0.25) is 0 Å². The number of nitrogens with zero attached hydrogens (tertiary/aromatic N) is 2. The first kappa shape index (κ1) is 15.8. The van der Waals surface area contributed by atoms with Gasteiger partial charge in [0.1, 0.15) is 4.88 Å². The maximum Gasteiger partial charge on any atom is 0.265 e. The Morgan fingerprint density at radius 1 is 1.65 bits per heavy atom. The number of ether oxygens (including phenoxy) is 1. The number of thiophene rings is 1. The Morgan fingerprint density at radius 3 is 3.10 bits per heavy atom. The summed E-state index contributed by atoms with van der Waals surface area (Å²) in [7, 11) is 3.58. The van der Waals surface area contributed by atoms with E-state index in [4.69, 9.17) is 16.3 Å². The number of halogens is 1. The van der Waals surface area contributed by atoms with Crippen molar-refractivity contribution in [2.75, 3.05) is 46.9 Å². The maximum atomic E-state index is 12.3. The quantitative estimate of drug-likeness (QED) is 0.808. The standard InChI is InChI=1S/C14H21ClN2O2S/c1-16(14(18)13-12(15)4-8-20-13)9-11-3-5-17(10-11)6-7-19-2/h4,8,11H,3,5-7,9-10H2,1-2H3/t11-/m0/s1. The van der Waals surface area contributed by atoms with Gasteiger partial charge < -0.3 is 14.5 Å². The first-order valence-electron chi connectivity index (χ1n) is 6.81. The van der Waals surface area contributed by atoms with Gasteiger partial charge in [0.25, 0.3) is 5.91 Å². The maximum absolute atomic E-state index is 12.3. The zero-order valence-corrected chi connectivity index (χ0v) is 13.5. The van der Waals surface area contributed by atoms with E-state index in [0.717, 1.165) is 39.2 Å². The molecule has 1 aliphatic heterocycles. The van der Waals surface area contributed by atoms with Crippen LogP contribution in [0.2, 0.25) is 5.02 Å². The summed E-state index contributed by atoms with van der Waals surface area (Å²) >= 11 is 7.42. The molecule has 1 aromatic heterocycles.